The summed E-state index contributed by atoms with van der Waals surface area (Å²) in [6, 6.07) is 0. The second kappa shape index (κ2) is 5.38. The summed E-state index contributed by atoms with van der Waals surface area (Å²) in [5, 5.41) is 31.9. The van der Waals surface area contributed by atoms with Gasteiger partial charge in [-0.05, 0) is 0 Å². The molecule has 0 bridgehead atoms. The Kier molecular flexibility index (Phi) is 3.37. The van der Waals surface area contributed by atoms with Crippen molar-refractivity contribution in [2.75, 3.05) is 7.11 Å². The van der Waals surface area contributed by atoms with Crippen molar-refractivity contribution in [3.8, 4) is 11.3 Å². The van der Waals surface area contributed by atoms with E-state index >= 15 is 0 Å². The van der Waals surface area contributed by atoms with Crippen LogP contribution in [0.3, 0.4) is 0 Å². The van der Waals surface area contributed by atoms with Crippen LogP contribution in [0, 0.1) is 20.2 Å². The molecule has 0 saturated heterocycles. The zero-order valence-corrected chi connectivity index (χ0v) is 11.9. The molecule has 24 heavy (non-hydrogen) atoms. The lowest BCUT2D eigenvalue weighted by Crippen LogP contribution is -2.05. The number of nitrogens with zero attached hydrogens (tertiary/aromatic N) is 6. The highest BCUT2D eigenvalue weighted by molar-refractivity contribution is 5.95. The standard InChI is InChI=1S/C11H7N7O6/c1-24-11(19)8-9(18(22)23)10-12-2-5(4-16(10)15-8)7-6(17(20)21)3-13-14-7/h2-4H,1H3,(H,13,14). The van der Waals surface area contributed by atoms with E-state index in [4.69, 9.17) is 0 Å². The molecule has 0 aliphatic heterocycles. The van der Waals surface area contributed by atoms with Gasteiger partial charge in [0.25, 0.3) is 0 Å². The van der Waals surface area contributed by atoms with Gasteiger partial charge in [-0.25, -0.2) is 14.3 Å². The fourth-order valence-corrected chi connectivity index (χ4v) is 2.08. The van der Waals surface area contributed by atoms with E-state index in [1.807, 2.05) is 0 Å². The SMILES string of the molecule is COC(=O)c1nn2cc(-c3[nH]ncc3[N+](=O)[O-])cnc2c1[N+](=O)[O-]. The Balaban J connectivity index is 2.22. The summed E-state index contributed by atoms with van der Waals surface area (Å²) in [5.41, 5.74) is -1.39. The molecule has 13 heteroatoms. The Morgan fingerprint density at radius 2 is 2.04 bits per heavy atom. The third-order valence-electron chi connectivity index (χ3n) is 3.11. The van der Waals surface area contributed by atoms with E-state index in [2.05, 4.69) is 25.0 Å². The van der Waals surface area contributed by atoms with Crippen LogP contribution in [0.2, 0.25) is 0 Å². The van der Waals surface area contributed by atoms with Crippen molar-refractivity contribution in [3.05, 3.63) is 44.5 Å². The Bertz CT molecular complexity index is 990. The fraction of sp³-hybridized carbons (Fsp3) is 0.0909. The smallest absolute Gasteiger partial charge is 0.365 e. The van der Waals surface area contributed by atoms with Gasteiger partial charge in [-0.2, -0.15) is 10.2 Å². The van der Waals surface area contributed by atoms with Gasteiger partial charge >= 0.3 is 17.3 Å². The molecule has 0 spiro atoms. The van der Waals surface area contributed by atoms with Gasteiger partial charge in [0.1, 0.15) is 11.9 Å². The normalized spacial score (nSPS) is 10.7. The van der Waals surface area contributed by atoms with Crippen LogP contribution >= 0.6 is 0 Å². The van der Waals surface area contributed by atoms with Crippen molar-refractivity contribution in [1.82, 2.24) is 24.8 Å². The minimum Gasteiger partial charge on any atom is -0.464 e. The van der Waals surface area contributed by atoms with Crippen LogP contribution < -0.4 is 0 Å². The number of rotatable bonds is 4. The maximum absolute atomic E-state index is 11.6. The number of carbonyl (C=O) groups excluding carboxylic acids is 1. The quantitative estimate of drug-likeness (QED) is 0.410. The fourth-order valence-electron chi connectivity index (χ4n) is 2.08. The van der Waals surface area contributed by atoms with Gasteiger partial charge in [-0.3, -0.25) is 25.3 Å². The van der Waals surface area contributed by atoms with Crippen molar-refractivity contribution in [2.45, 2.75) is 0 Å². The molecule has 0 aliphatic carbocycles. The lowest BCUT2D eigenvalue weighted by Gasteiger charge is -1.98. The van der Waals surface area contributed by atoms with Gasteiger partial charge in [-0.1, -0.05) is 0 Å². The van der Waals surface area contributed by atoms with Crippen LogP contribution in [0.4, 0.5) is 11.4 Å². The number of aromatic nitrogens is 5. The summed E-state index contributed by atoms with van der Waals surface area (Å²) in [6.45, 7) is 0. The number of aromatic amines is 1. The van der Waals surface area contributed by atoms with E-state index < -0.39 is 27.2 Å². The van der Waals surface area contributed by atoms with Gasteiger partial charge < -0.3 is 4.74 Å². The molecule has 3 aromatic heterocycles. The number of hydrogen-bond donors (Lipinski definition) is 1. The summed E-state index contributed by atoms with van der Waals surface area (Å²) in [5.74, 6) is -0.999. The molecule has 0 radical (unpaired) electrons. The van der Waals surface area contributed by atoms with E-state index in [9.17, 15) is 25.0 Å². The first-order chi connectivity index (χ1) is 11.4. The monoisotopic (exact) mass is 333 g/mol. The van der Waals surface area contributed by atoms with Gasteiger partial charge in [0.15, 0.2) is 0 Å². The molecule has 0 amide bonds. The zero-order chi connectivity index (χ0) is 17.4. The van der Waals surface area contributed by atoms with E-state index in [-0.39, 0.29) is 22.6 Å². The first kappa shape index (κ1) is 15.0. The summed E-state index contributed by atoms with van der Waals surface area (Å²) >= 11 is 0. The second-order valence-electron chi connectivity index (χ2n) is 4.44. The number of esters is 1. The molecule has 0 aromatic carbocycles. The van der Waals surface area contributed by atoms with E-state index in [0.717, 1.165) is 17.8 Å². The number of hydrogen-bond acceptors (Lipinski definition) is 9. The van der Waals surface area contributed by atoms with Crippen LogP contribution in [-0.4, -0.2) is 47.7 Å². The molecule has 1 N–H and O–H groups in total. The number of H-pyrrole nitrogens is 1. The Morgan fingerprint density at radius 3 is 2.67 bits per heavy atom. The van der Waals surface area contributed by atoms with Crippen molar-refractivity contribution in [2.24, 2.45) is 0 Å². The second-order valence-corrected chi connectivity index (χ2v) is 4.44. The number of nitro groups is 2. The minimum atomic E-state index is -0.999. The Labute approximate surface area is 131 Å². The number of nitrogens with one attached hydrogen (secondary N) is 1. The minimum absolute atomic E-state index is 0.0483. The van der Waals surface area contributed by atoms with Gasteiger partial charge in [0.05, 0.1) is 17.0 Å². The molecule has 3 heterocycles. The average Bonchev–Trinajstić information content (AvgIpc) is 3.17. The molecule has 0 saturated carbocycles. The number of methoxy groups -OCH3 is 1. The maximum Gasteiger partial charge on any atom is 0.365 e. The predicted molar refractivity (Wildman–Crippen MR) is 75.2 cm³/mol. The zero-order valence-electron chi connectivity index (χ0n) is 11.9. The number of carbonyl (C=O) groups is 1. The molecule has 0 aliphatic rings. The highest BCUT2D eigenvalue weighted by Crippen LogP contribution is 2.29. The first-order valence-corrected chi connectivity index (χ1v) is 6.23. The van der Waals surface area contributed by atoms with Crippen LogP contribution in [0.15, 0.2) is 18.6 Å². The highest BCUT2D eigenvalue weighted by atomic mass is 16.6. The van der Waals surface area contributed by atoms with E-state index in [1.54, 1.807) is 0 Å². The molecule has 0 fully saturated rings. The van der Waals surface area contributed by atoms with E-state index in [0.29, 0.717) is 0 Å². The lowest BCUT2D eigenvalue weighted by molar-refractivity contribution is -0.384. The van der Waals surface area contributed by atoms with Crippen LogP contribution in [0.5, 0.6) is 0 Å². The molecule has 0 unspecified atom stereocenters. The van der Waals surface area contributed by atoms with E-state index in [1.165, 1.54) is 12.4 Å². The molecular weight excluding hydrogens is 326 g/mol. The topological polar surface area (TPSA) is 171 Å². The molecule has 0 atom stereocenters. The number of fused-ring (bicyclic) bond motifs is 1. The highest BCUT2D eigenvalue weighted by Gasteiger charge is 2.31. The molecule has 3 aromatic rings. The Morgan fingerprint density at radius 1 is 1.29 bits per heavy atom. The predicted octanol–water partition coefficient (Wildman–Crippen LogP) is 0.722. The van der Waals surface area contributed by atoms with Crippen LogP contribution in [-0.2, 0) is 4.74 Å². The lowest BCUT2D eigenvalue weighted by atomic mass is 10.2. The number of ether oxygens (including phenoxy) is 1. The third kappa shape index (κ3) is 2.20. The van der Waals surface area contributed by atoms with Crippen molar-refractivity contribution < 1.29 is 19.4 Å². The molecular formula is C11H7N7O6. The van der Waals surface area contributed by atoms with Gasteiger partial charge in [0.2, 0.25) is 11.3 Å². The van der Waals surface area contributed by atoms with Crippen molar-refractivity contribution in [3.63, 3.8) is 0 Å². The first-order valence-electron chi connectivity index (χ1n) is 6.23. The van der Waals surface area contributed by atoms with Crippen LogP contribution in [0.25, 0.3) is 16.9 Å². The summed E-state index contributed by atoms with van der Waals surface area (Å²) < 4.78 is 5.43. The van der Waals surface area contributed by atoms with Crippen molar-refractivity contribution >= 4 is 23.0 Å². The van der Waals surface area contributed by atoms with Crippen molar-refractivity contribution in [1.29, 1.82) is 0 Å². The van der Waals surface area contributed by atoms with Gasteiger partial charge in [-0.15, -0.1) is 0 Å². The summed E-state index contributed by atoms with van der Waals surface area (Å²) in [4.78, 5) is 36.2. The van der Waals surface area contributed by atoms with Crippen LogP contribution in [0.1, 0.15) is 10.5 Å². The third-order valence-corrected chi connectivity index (χ3v) is 3.11. The van der Waals surface area contributed by atoms with Gasteiger partial charge in [0, 0.05) is 18.0 Å². The molecule has 3 rings (SSSR count). The average molecular weight is 333 g/mol. The largest absolute Gasteiger partial charge is 0.464 e. The maximum atomic E-state index is 11.6. The summed E-state index contributed by atoms with van der Waals surface area (Å²) in [6.07, 6.45) is 3.44. The molecule has 122 valence electrons. The Hall–Kier alpha value is -3.90. The summed E-state index contributed by atoms with van der Waals surface area (Å²) in [7, 11) is 1.06. The molecule has 13 nitrogen and oxygen atoms in total.